The highest BCUT2D eigenvalue weighted by Crippen LogP contribution is 2.29. The van der Waals surface area contributed by atoms with Crippen LogP contribution < -0.4 is 5.32 Å². The lowest BCUT2D eigenvalue weighted by molar-refractivity contribution is -0.137. The highest BCUT2D eigenvalue weighted by atomic mass is 32.2. The average Bonchev–Trinajstić information content (AvgIpc) is 2.51. The fraction of sp³-hybridized carbons (Fsp3) is 0.500. The first-order valence-corrected chi connectivity index (χ1v) is 7.75. The third-order valence-corrected chi connectivity index (χ3v) is 4.93. The number of nitrogens with zero attached hydrogens (tertiary/aromatic N) is 1. The van der Waals surface area contributed by atoms with Crippen LogP contribution in [0.4, 0.5) is 13.2 Å². The van der Waals surface area contributed by atoms with Crippen LogP contribution in [0.2, 0.25) is 0 Å². The molecule has 4 nitrogen and oxygen atoms in total. The molecule has 0 radical (unpaired) electrons. The molecule has 1 N–H and O–H groups in total. The summed E-state index contributed by atoms with van der Waals surface area (Å²) < 4.78 is 62.5. The zero-order chi connectivity index (χ0) is 14.8. The topological polar surface area (TPSA) is 49.4 Å². The van der Waals surface area contributed by atoms with Gasteiger partial charge in [0.05, 0.1) is 11.3 Å². The summed E-state index contributed by atoms with van der Waals surface area (Å²) in [5, 5.41) is 2.98. The number of nitrogens with one attached hydrogen (secondary N) is 1. The molecule has 0 aliphatic carbocycles. The number of alkyl halides is 3. The Morgan fingerprint density at radius 3 is 2.40 bits per heavy atom. The van der Waals surface area contributed by atoms with E-state index in [9.17, 15) is 21.6 Å². The molecule has 1 aliphatic rings. The maximum atomic E-state index is 12.4. The van der Waals surface area contributed by atoms with Crippen molar-refractivity contribution in [2.45, 2.75) is 12.7 Å². The first kappa shape index (κ1) is 15.3. The summed E-state index contributed by atoms with van der Waals surface area (Å²) in [4.78, 5) is 0. The molecule has 2 rings (SSSR count). The lowest BCUT2D eigenvalue weighted by atomic mass is 10.1. The first-order valence-electron chi connectivity index (χ1n) is 6.14. The molecule has 0 aromatic heterocycles. The lowest BCUT2D eigenvalue weighted by Crippen LogP contribution is -2.33. The standard InChI is InChI=1S/C12H15F3N2O2S/c13-12(14,15)11-3-1-10(2-4-11)9-17-7-5-16-6-8-20(17,18)19/h1-4,16H,5-9H2. The van der Waals surface area contributed by atoms with Crippen molar-refractivity contribution in [3.63, 3.8) is 0 Å². The van der Waals surface area contributed by atoms with Gasteiger partial charge in [0.1, 0.15) is 0 Å². The number of hydrogen-bond acceptors (Lipinski definition) is 3. The van der Waals surface area contributed by atoms with Crippen molar-refractivity contribution in [1.82, 2.24) is 9.62 Å². The van der Waals surface area contributed by atoms with Gasteiger partial charge < -0.3 is 5.32 Å². The van der Waals surface area contributed by atoms with Gasteiger partial charge >= 0.3 is 6.18 Å². The van der Waals surface area contributed by atoms with Crippen LogP contribution >= 0.6 is 0 Å². The average molecular weight is 308 g/mol. The number of benzene rings is 1. The summed E-state index contributed by atoms with van der Waals surface area (Å²) in [6.45, 7) is 1.36. The molecular weight excluding hydrogens is 293 g/mol. The van der Waals surface area contributed by atoms with E-state index in [4.69, 9.17) is 0 Å². The smallest absolute Gasteiger partial charge is 0.314 e. The van der Waals surface area contributed by atoms with Crippen LogP contribution in [0.3, 0.4) is 0 Å². The third kappa shape index (κ3) is 3.71. The SMILES string of the molecule is O=S1(=O)CCNCCN1Cc1ccc(C(F)(F)F)cc1. The van der Waals surface area contributed by atoms with E-state index in [0.717, 1.165) is 12.1 Å². The van der Waals surface area contributed by atoms with E-state index in [1.807, 2.05) is 0 Å². The summed E-state index contributed by atoms with van der Waals surface area (Å²) in [5.41, 5.74) is -0.190. The Kier molecular flexibility index (Phi) is 4.36. The number of hydrogen-bond donors (Lipinski definition) is 1. The number of rotatable bonds is 2. The van der Waals surface area contributed by atoms with Gasteiger partial charge in [-0.3, -0.25) is 0 Å². The minimum atomic E-state index is -4.38. The molecule has 8 heteroatoms. The molecule has 1 aromatic rings. The summed E-state index contributed by atoms with van der Waals surface area (Å²) >= 11 is 0. The van der Waals surface area contributed by atoms with Crippen LogP contribution in [-0.4, -0.2) is 38.1 Å². The van der Waals surface area contributed by atoms with Crippen molar-refractivity contribution in [3.8, 4) is 0 Å². The second kappa shape index (κ2) is 5.71. The molecule has 0 atom stereocenters. The molecule has 112 valence electrons. The molecule has 0 bridgehead atoms. The zero-order valence-corrected chi connectivity index (χ0v) is 11.5. The number of halogens is 3. The van der Waals surface area contributed by atoms with Gasteiger partial charge in [-0.15, -0.1) is 0 Å². The molecule has 1 aliphatic heterocycles. The Morgan fingerprint density at radius 1 is 1.15 bits per heavy atom. The maximum Gasteiger partial charge on any atom is 0.416 e. The highest BCUT2D eigenvalue weighted by Gasteiger charge is 2.30. The minimum absolute atomic E-state index is 0.00757. The van der Waals surface area contributed by atoms with Gasteiger partial charge in [0.25, 0.3) is 0 Å². The molecule has 1 heterocycles. The molecule has 0 amide bonds. The molecule has 0 saturated carbocycles. The lowest BCUT2D eigenvalue weighted by Gasteiger charge is -2.19. The molecule has 1 aromatic carbocycles. The summed E-state index contributed by atoms with van der Waals surface area (Å²) in [6.07, 6.45) is -4.38. The van der Waals surface area contributed by atoms with Crippen LogP contribution in [0.25, 0.3) is 0 Å². The van der Waals surface area contributed by atoms with E-state index in [1.165, 1.54) is 16.4 Å². The van der Waals surface area contributed by atoms with Gasteiger partial charge in [-0.25, -0.2) is 8.42 Å². The van der Waals surface area contributed by atoms with Gasteiger partial charge in [-0.1, -0.05) is 12.1 Å². The summed E-state index contributed by atoms with van der Waals surface area (Å²) in [7, 11) is -3.35. The molecule has 0 spiro atoms. The molecular formula is C12H15F3N2O2S. The first-order chi connectivity index (χ1) is 9.29. The Hall–Kier alpha value is -1.12. The van der Waals surface area contributed by atoms with Gasteiger partial charge in [-0.2, -0.15) is 17.5 Å². The fourth-order valence-corrected chi connectivity index (χ4v) is 3.35. The minimum Gasteiger partial charge on any atom is -0.314 e. The van der Waals surface area contributed by atoms with Crippen molar-refractivity contribution in [2.24, 2.45) is 0 Å². The molecule has 0 unspecified atom stereocenters. The van der Waals surface area contributed by atoms with Crippen LogP contribution in [0, 0.1) is 0 Å². The van der Waals surface area contributed by atoms with E-state index >= 15 is 0 Å². The predicted molar refractivity (Wildman–Crippen MR) is 68.5 cm³/mol. The zero-order valence-electron chi connectivity index (χ0n) is 10.7. The second-order valence-corrected chi connectivity index (χ2v) is 6.68. The molecule has 1 saturated heterocycles. The van der Waals surface area contributed by atoms with E-state index in [0.29, 0.717) is 25.2 Å². The van der Waals surface area contributed by atoms with Gasteiger partial charge in [0, 0.05) is 26.2 Å². The second-order valence-electron chi connectivity index (χ2n) is 4.59. The van der Waals surface area contributed by atoms with Crippen molar-refractivity contribution < 1.29 is 21.6 Å². The molecule has 1 fully saturated rings. The van der Waals surface area contributed by atoms with E-state index in [2.05, 4.69) is 5.32 Å². The van der Waals surface area contributed by atoms with E-state index < -0.39 is 21.8 Å². The predicted octanol–water partition coefficient (Wildman–Crippen LogP) is 1.44. The Bertz CT molecular complexity index is 555. The van der Waals surface area contributed by atoms with Crippen LogP contribution in [0.1, 0.15) is 11.1 Å². The Morgan fingerprint density at radius 2 is 1.80 bits per heavy atom. The Labute approximate surface area is 115 Å². The normalized spacial score (nSPS) is 20.6. The van der Waals surface area contributed by atoms with Crippen molar-refractivity contribution in [1.29, 1.82) is 0 Å². The largest absolute Gasteiger partial charge is 0.416 e. The Balaban J connectivity index is 2.13. The third-order valence-electron chi connectivity index (χ3n) is 3.11. The fourth-order valence-electron chi connectivity index (χ4n) is 1.98. The van der Waals surface area contributed by atoms with Crippen molar-refractivity contribution in [3.05, 3.63) is 35.4 Å². The summed E-state index contributed by atoms with van der Waals surface area (Å²) in [5.74, 6) is 0.00757. The maximum absolute atomic E-state index is 12.4. The molecule has 20 heavy (non-hydrogen) atoms. The van der Waals surface area contributed by atoms with Gasteiger partial charge in [-0.05, 0) is 17.7 Å². The van der Waals surface area contributed by atoms with Crippen molar-refractivity contribution in [2.75, 3.05) is 25.4 Å². The highest BCUT2D eigenvalue weighted by molar-refractivity contribution is 7.89. The van der Waals surface area contributed by atoms with E-state index in [1.54, 1.807) is 0 Å². The van der Waals surface area contributed by atoms with Gasteiger partial charge in [0.2, 0.25) is 10.0 Å². The van der Waals surface area contributed by atoms with Crippen LogP contribution in [0.5, 0.6) is 0 Å². The monoisotopic (exact) mass is 308 g/mol. The summed E-state index contributed by atoms with van der Waals surface area (Å²) in [6, 6.07) is 4.57. The number of sulfonamides is 1. The van der Waals surface area contributed by atoms with Crippen molar-refractivity contribution >= 4 is 10.0 Å². The van der Waals surface area contributed by atoms with Crippen LogP contribution in [-0.2, 0) is 22.7 Å². The van der Waals surface area contributed by atoms with Gasteiger partial charge in [0.15, 0.2) is 0 Å². The van der Waals surface area contributed by atoms with Crippen LogP contribution in [0.15, 0.2) is 24.3 Å². The quantitative estimate of drug-likeness (QED) is 0.899. The van der Waals surface area contributed by atoms with E-state index in [-0.39, 0.29) is 12.3 Å².